The molecule has 1 aliphatic heterocycles. The number of Topliss-reactive ketones (excluding diaryl/α,β-unsaturated/α-hetero) is 1. The fraction of sp³-hybridized carbons (Fsp3) is 0.235. The van der Waals surface area contributed by atoms with Gasteiger partial charge in [0.05, 0.1) is 38.1 Å². The van der Waals surface area contributed by atoms with Gasteiger partial charge in [0.25, 0.3) is 5.78 Å². The van der Waals surface area contributed by atoms with Gasteiger partial charge < -0.3 is 24.1 Å². The first-order valence-electron chi connectivity index (χ1n) is 14.1. The highest BCUT2D eigenvalue weighted by Gasteiger charge is 2.48. The number of aromatic nitrogens is 1. The zero-order valence-electron chi connectivity index (χ0n) is 25.5. The molecule has 1 aliphatic rings. The summed E-state index contributed by atoms with van der Waals surface area (Å²) in [6.45, 7) is 6.04. The predicted molar refractivity (Wildman–Crippen MR) is 169 cm³/mol. The number of anilines is 1. The molecule has 1 N–H and O–H groups in total. The van der Waals surface area contributed by atoms with Crippen molar-refractivity contribution >= 4 is 39.9 Å². The smallest absolute Gasteiger partial charge is 0.350 e. The van der Waals surface area contributed by atoms with Crippen LogP contribution in [0.25, 0.3) is 5.76 Å². The second kappa shape index (κ2) is 13.2. The predicted octanol–water partition coefficient (Wildman–Crippen LogP) is 6.16. The Kier molecular flexibility index (Phi) is 9.19. The second-order valence-electron chi connectivity index (χ2n) is 10.2. The van der Waals surface area contributed by atoms with E-state index in [9.17, 15) is 19.5 Å². The van der Waals surface area contributed by atoms with E-state index in [-0.39, 0.29) is 21.3 Å². The fourth-order valence-electron chi connectivity index (χ4n) is 5.09. The Hall–Kier alpha value is -5.16. The van der Waals surface area contributed by atoms with Crippen molar-refractivity contribution in [2.45, 2.75) is 33.4 Å². The van der Waals surface area contributed by atoms with Crippen molar-refractivity contribution < 1.29 is 38.4 Å². The van der Waals surface area contributed by atoms with Crippen LogP contribution in [0.5, 0.6) is 17.2 Å². The molecule has 4 aromatic rings. The van der Waals surface area contributed by atoms with E-state index in [2.05, 4.69) is 4.98 Å². The molecule has 2 heterocycles. The van der Waals surface area contributed by atoms with Crippen molar-refractivity contribution in [3.05, 3.63) is 105 Å². The summed E-state index contributed by atoms with van der Waals surface area (Å²) >= 11 is 0.923. The number of thiazole rings is 1. The van der Waals surface area contributed by atoms with Crippen LogP contribution in [0.15, 0.2) is 72.3 Å². The van der Waals surface area contributed by atoms with Crippen LogP contribution in [0.1, 0.15) is 50.6 Å². The number of benzene rings is 3. The lowest BCUT2D eigenvalue weighted by molar-refractivity contribution is -0.132. The van der Waals surface area contributed by atoms with E-state index in [1.165, 1.54) is 19.1 Å². The molecule has 11 heteroatoms. The molecule has 0 spiro atoms. The molecular formula is C34H32N2O8S. The van der Waals surface area contributed by atoms with Crippen molar-refractivity contribution in [1.29, 1.82) is 0 Å². The number of esters is 1. The number of carbonyl (C=O) groups excluding carboxylic acids is 3. The molecule has 1 atom stereocenters. The minimum absolute atomic E-state index is 0.104. The Morgan fingerprint density at radius 2 is 1.69 bits per heavy atom. The number of amides is 1. The molecule has 1 amide bonds. The van der Waals surface area contributed by atoms with Gasteiger partial charge in [0, 0.05) is 5.56 Å². The van der Waals surface area contributed by atoms with Gasteiger partial charge in [-0.2, -0.15) is 0 Å². The van der Waals surface area contributed by atoms with Crippen LogP contribution in [0.2, 0.25) is 0 Å². The van der Waals surface area contributed by atoms with Gasteiger partial charge in [0.2, 0.25) is 0 Å². The lowest BCUT2D eigenvalue weighted by atomic mass is 9.94. The van der Waals surface area contributed by atoms with Gasteiger partial charge in [-0.3, -0.25) is 14.5 Å². The van der Waals surface area contributed by atoms with Gasteiger partial charge in [-0.15, -0.1) is 0 Å². The second-order valence-corrected chi connectivity index (χ2v) is 11.1. The lowest BCUT2D eigenvalue weighted by Gasteiger charge is -2.24. The third-order valence-corrected chi connectivity index (χ3v) is 8.43. The van der Waals surface area contributed by atoms with Crippen LogP contribution in [0.3, 0.4) is 0 Å². The fourth-order valence-corrected chi connectivity index (χ4v) is 6.10. The Morgan fingerprint density at radius 3 is 2.36 bits per heavy atom. The SMILES string of the molecule is CCOc1ccc(C2/C(=C(/O)c3ccc(OCc4ccccc4)c(C)c3)C(=O)C(=O)N2c2nc(C)c(C(=O)OC)s2)cc1OC. The summed E-state index contributed by atoms with van der Waals surface area (Å²) in [5.74, 6) is -1.33. The highest BCUT2D eigenvalue weighted by Crippen LogP contribution is 2.45. The van der Waals surface area contributed by atoms with Crippen molar-refractivity contribution in [2.75, 3.05) is 25.7 Å². The summed E-state index contributed by atoms with van der Waals surface area (Å²) in [7, 11) is 2.73. The van der Waals surface area contributed by atoms with Crippen LogP contribution in [0.4, 0.5) is 5.13 Å². The van der Waals surface area contributed by atoms with Crippen molar-refractivity contribution in [1.82, 2.24) is 4.98 Å². The van der Waals surface area contributed by atoms with Crippen molar-refractivity contribution in [3.8, 4) is 17.2 Å². The third kappa shape index (κ3) is 6.12. The highest BCUT2D eigenvalue weighted by atomic mass is 32.1. The maximum Gasteiger partial charge on any atom is 0.350 e. The molecule has 0 bridgehead atoms. The van der Waals surface area contributed by atoms with E-state index >= 15 is 0 Å². The van der Waals surface area contributed by atoms with Gasteiger partial charge in [-0.1, -0.05) is 47.7 Å². The minimum atomic E-state index is -1.10. The van der Waals surface area contributed by atoms with E-state index < -0.39 is 23.7 Å². The molecule has 5 rings (SSSR count). The Morgan fingerprint density at radius 1 is 0.956 bits per heavy atom. The average Bonchev–Trinajstić information content (AvgIpc) is 3.56. The van der Waals surface area contributed by atoms with Gasteiger partial charge in [0.1, 0.15) is 23.0 Å². The number of ether oxygens (including phenoxy) is 4. The summed E-state index contributed by atoms with van der Waals surface area (Å²) in [4.78, 5) is 45.6. The van der Waals surface area contributed by atoms with E-state index in [1.54, 1.807) is 43.3 Å². The largest absolute Gasteiger partial charge is 0.507 e. The Bertz CT molecular complexity index is 1800. The lowest BCUT2D eigenvalue weighted by Crippen LogP contribution is -2.29. The number of methoxy groups -OCH3 is 2. The highest BCUT2D eigenvalue weighted by molar-refractivity contribution is 7.17. The van der Waals surface area contributed by atoms with Gasteiger partial charge in [0.15, 0.2) is 16.6 Å². The first-order valence-corrected chi connectivity index (χ1v) is 14.9. The number of rotatable bonds is 10. The van der Waals surface area contributed by atoms with Crippen LogP contribution in [-0.4, -0.2) is 48.6 Å². The van der Waals surface area contributed by atoms with E-state index in [1.807, 2.05) is 44.2 Å². The number of hydrogen-bond acceptors (Lipinski definition) is 10. The summed E-state index contributed by atoms with van der Waals surface area (Å²) in [6.07, 6.45) is 0. The first kappa shape index (κ1) is 31.3. The number of aliphatic hydroxyl groups excluding tert-OH is 1. The van der Waals surface area contributed by atoms with Crippen LogP contribution < -0.4 is 19.1 Å². The van der Waals surface area contributed by atoms with Crippen molar-refractivity contribution in [2.24, 2.45) is 0 Å². The molecule has 10 nitrogen and oxygen atoms in total. The maximum absolute atomic E-state index is 13.7. The topological polar surface area (TPSA) is 124 Å². The molecule has 45 heavy (non-hydrogen) atoms. The monoisotopic (exact) mass is 628 g/mol. The molecular weight excluding hydrogens is 596 g/mol. The summed E-state index contributed by atoms with van der Waals surface area (Å²) in [5, 5.41) is 11.8. The normalized spacial score (nSPS) is 15.7. The van der Waals surface area contributed by atoms with E-state index in [0.717, 1.165) is 22.5 Å². The Balaban J connectivity index is 1.61. The molecule has 232 valence electrons. The quantitative estimate of drug-likeness (QED) is 0.0952. The zero-order valence-corrected chi connectivity index (χ0v) is 26.3. The molecule has 1 fully saturated rings. The van der Waals surface area contributed by atoms with Gasteiger partial charge in [-0.05, 0) is 67.8 Å². The van der Waals surface area contributed by atoms with Gasteiger partial charge >= 0.3 is 11.9 Å². The molecule has 0 aliphatic carbocycles. The summed E-state index contributed by atoms with van der Waals surface area (Å²) in [5.41, 5.74) is 2.71. The van der Waals surface area contributed by atoms with Gasteiger partial charge in [-0.25, -0.2) is 9.78 Å². The Labute approximate surface area is 264 Å². The van der Waals surface area contributed by atoms with Crippen LogP contribution in [-0.2, 0) is 20.9 Å². The number of carbonyl (C=O) groups is 3. The summed E-state index contributed by atoms with van der Waals surface area (Å²) < 4.78 is 22.1. The first-order chi connectivity index (χ1) is 21.7. The van der Waals surface area contributed by atoms with E-state index in [0.29, 0.717) is 47.3 Å². The van der Waals surface area contributed by atoms with Crippen LogP contribution in [0, 0.1) is 13.8 Å². The number of nitrogens with zero attached hydrogens (tertiary/aromatic N) is 2. The number of aliphatic hydroxyl groups is 1. The summed E-state index contributed by atoms with van der Waals surface area (Å²) in [6, 6.07) is 18.7. The molecule has 1 aromatic heterocycles. The molecule has 0 saturated carbocycles. The third-order valence-electron chi connectivity index (χ3n) is 7.30. The number of hydrogen-bond donors (Lipinski definition) is 1. The van der Waals surface area contributed by atoms with E-state index in [4.69, 9.17) is 18.9 Å². The standard InChI is InChI=1S/C34H32N2O8S/c1-6-43-25-15-12-22(17-26(25)41-4)28-27(30(38)32(39)36(28)34-35-20(3)31(45-34)33(40)42-5)29(37)23-13-14-24(19(2)16-23)44-18-21-10-8-7-9-11-21/h7-17,28,37H,6,18H2,1-5H3/b29-27-. The number of aryl methyl sites for hydroxylation is 2. The average molecular weight is 629 g/mol. The molecule has 1 unspecified atom stereocenters. The molecule has 1 saturated heterocycles. The maximum atomic E-state index is 13.7. The van der Waals surface area contributed by atoms with Crippen LogP contribution >= 0.6 is 11.3 Å². The zero-order chi connectivity index (χ0) is 32.2. The van der Waals surface area contributed by atoms with Crippen molar-refractivity contribution in [3.63, 3.8) is 0 Å². The molecule has 0 radical (unpaired) electrons. The minimum Gasteiger partial charge on any atom is -0.507 e. The number of ketones is 1. The molecule has 3 aromatic carbocycles.